The number of esters is 1. The summed E-state index contributed by atoms with van der Waals surface area (Å²) in [7, 11) is -3.65. The van der Waals surface area contributed by atoms with E-state index in [0.29, 0.717) is 12.2 Å². The first-order chi connectivity index (χ1) is 18.0. The van der Waals surface area contributed by atoms with Crippen molar-refractivity contribution in [3.05, 3.63) is 57.9 Å². The van der Waals surface area contributed by atoms with Gasteiger partial charge in [-0.1, -0.05) is 19.9 Å². The molecule has 0 radical (unpaired) electrons. The molecule has 1 heterocycles. The first kappa shape index (κ1) is 30.4. The maximum atomic E-state index is 12.7. The monoisotopic (exact) mass is 545 g/mol. The molecule has 0 aliphatic carbocycles. The predicted octanol–water partition coefficient (Wildman–Crippen LogP) is 3.36. The van der Waals surface area contributed by atoms with E-state index in [9.17, 15) is 28.4 Å². The van der Waals surface area contributed by atoms with Crippen LogP contribution in [0.1, 0.15) is 37.8 Å². The van der Waals surface area contributed by atoms with Crippen LogP contribution < -0.4 is 10.3 Å². The third-order valence-electron chi connectivity index (χ3n) is 5.27. The van der Waals surface area contributed by atoms with Gasteiger partial charge in [0.2, 0.25) is 15.9 Å². The third-order valence-corrected chi connectivity index (χ3v) is 6.75. The van der Waals surface area contributed by atoms with Gasteiger partial charge in [0.05, 0.1) is 30.3 Å². The van der Waals surface area contributed by atoms with Gasteiger partial charge in [-0.25, -0.2) is 17.9 Å². The highest BCUT2D eigenvalue weighted by Crippen LogP contribution is 2.32. The van der Waals surface area contributed by atoms with Crippen LogP contribution in [0, 0.1) is 18.3 Å². The number of aromatic nitrogens is 1. The number of nitrogens with one attached hydrogen (secondary N) is 1. The van der Waals surface area contributed by atoms with E-state index < -0.39 is 27.4 Å². The summed E-state index contributed by atoms with van der Waals surface area (Å²) in [5.41, 5.74) is -0.334. The Morgan fingerprint density at radius 2 is 1.89 bits per heavy atom. The Morgan fingerprint density at radius 3 is 2.50 bits per heavy atom. The van der Waals surface area contributed by atoms with Crippen molar-refractivity contribution >= 4 is 27.4 Å². The molecule has 38 heavy (non-hydrogen) atoms. The molecule has 0 fully saturated rings. The van der Waals surface area contributed by atoms with Gasteiger partial charge in [-0.2, -0.15) is 10.4 Å². The molecule has 0 aliphatic heterocycles. The van der Waals surface area contributed by atoms with Crippen LogP contribution in [-0.4, -0.2) is 50.4 Å². The van der Waals surface area contributed by atoms with Crippen LogP contribution in [-0.2, 0) is 30.8 Å². The number of nitriles is 1. The molecule has 0 atom stereocenters. The van der Waals surface area contributed by atoms with Crippen LogP contribution in [0.5, 0.6) is 5.88 Å². The molecule has 1 aromatic carbocycles. The summed E-state index contributed by atoms with van der Waals surface area (Å²) in [6.07, 6.45) is 1.58. The zero-order valence-corrected chi connectivity index (χ0v) is 22.4. The summed E-state index contributed by atoms with van der Waals surface area (Å²) in [5, 5.41) is 28.3. The number of pyridine rings is 1. The summed E-state index contributed by atoms with van der Waals surface area (Å²) in [6, 6.07) is 7.46. The molecule has 0 spiro atoms. The third kappa shape index (κ3) is 8.07. The molecule has 0 unspecified atom stereocenters. The number of hydrogen-bond donors (Lipinski definition) is 2. The lowest BCUT2D eigenvalue weighted by molar-refractivity contribution is -0.140. The number of carbonyl (C=O) groups is 1. The smallest absolute Gasteiger partial charge is 0.333 e. The fraction of sp³-hybridized carbons (Fsp3) is 0.400. The van der Waals surface area contributed by atoms with E-state index in [1.54, 1.807) is 0 Å². The highest BCUT2D eigenvalue weighted by molar-refractivity contribution is 7.89. The number of carbonyl (C=O) groups excluding carboxylic acids is 1. The molecular formula is C25H31N5O7S. The van der Waals surface area contributed by atoms with E-state index in [2.05, 4.69) is 21.5 Å². The Labute approximate surface area is 221 Å². The van der Waals surface area contributed by atoms with Crippen molar-refractivity contribution in [3.8, 4) is 11.9 Å². The standard InChI is InChI=1S/C25H31N5O7S/c1-5-6-11-27-38(34,35)20-9-7-19(8-10-20)28-29-22-18(4)21(16-26)23(31)30(24(22)32)12-13-36-14-15-37-25(33)17(2)3/h7-10,27,32H,2,5-6,11-15H2,1,3-4H3/b29-28+. The normalized spacial score (nSPS) is 11.4. The van der Waals surface area contributed by atoms with Crippen molar-refractivity contribution in [3.63, 3.8) is 0 Å². The Balaban J connectivity index is 2.18. The first-order valence-corrected chi connectivity index (χ1v) is 13.3. The van der Waals surface area contributed by atoms with Crippen LogP contribution in [0.25, 0.3) is 0 Å². The SMILES string of the molecule is C=C(C)C(=O)OCCOCCn1c(O)c(/N=N/c2ccc(S(=O)(=O)NCCCC)cc2)c(C)c(C#N)c1=O. The lowest BCUT2D eigenvalue weighted by Gasteiger charge is -2.13. The van der Waals surface area contributed by atoms with Crippen LogP contribution in [0.15, 0.2) is 56.3 Å². The van der Waals surface area contributed by atoms with Gasteiger partial charge < -0.3 is 14.6 Å². The average Bonchev–Trinajstić information content (AvgIpc) is 2.88. The molecule has 12 nitrogen and oxygen atoms in total. The molecule has 2 aromatic rings. The molecule has 2 N–H and O–H groups in total. The number of benzene rings is 1. The largest absolute Gasteiger partial charge is 0.493 e. The van der Waals surface area contributed by atoms with Crippen molar-refractivity contribution in [1.82, 2.24) is 9.29 Å². The first-order valence-electron chi connectivity index (χ1n) is 11.8. The van der Waals surface area contributed by atoms with Crippen molar-refractivity contribution in [2.24, 2.45) is 10.2 Å². The average molecular weight is 546 g/mol. The van der Waals surface area contributed by atoms with Gasteiger partial charge in [-0.05, 0) is 44.5 Å². The number of sulfonamides is 1. The number of rotatable bonds is 14. The maximum Gasteiger partial charge on any atom is 0.333 e. The minimum absolute atomic E-state index is 0.0156. The Bertz CT molecular complexity index is 1390. The number of ether oxygens (including phenoxy) is 2. The van der Waals surface area contributed by atoms with Gasteiger partial charge in [0.1, 0.15) is 18.2 Å². The van der Waals surface area contributed by atoms with Crippen molar-refractivity contribution < 1.29 is 27.8 Å². The number of nitrogens with zero attached hydrogens (tertiary/aromatic N) is 4. The summed E-state index contributed by atoms with van der Waals surface area (Å²) < 4.78 is 38.4. The lowest BCUT2D eigenvalue weighted by atomic mass is 10.1. The summed E-state index contributed by atoms with van der Waals surface area (Å²) in [6.45, 7) is 8.66. The van der Waals surface area contributed by atoms with E-state index in [-0.39, 0.29) is 53.6 Å². The molecule has 0 amide bonds. The van der Waals surface area contributed by atoms with E-state index in [1.807, 2.05) is 13.0 Å². The minimum atomic E-state index is -3.65. The lowest BCUT2D eigenvalue weighted by Crippen LogP contribution is -2.26. The number of aromatic hydroxyl groups is 1. The highest BCUT2D eigenvalue weighted by atomic mass is 32.2. The van der Waals surface area contributed by atoms with E-state index in [1.165, 1.54) is 38.1 Å². The van der Waals surface area contributed by atoms with Crippen molar-refractivity contribution in [2.45, 2.75) is 45.1 Å². The second kappa shape index (κ2) is 14.2. The Hall–Kier alpha value is -3.86. The summed E-state index contributed by atoms with van der Waals surface area (Å²) in [5.74, 6) is -1.05. The molecule has 0 bridgehead atoms. The fourth-order valence-corrected chi connectivity index (χ4v) is 4.18. The molecule has 13 heteroatoms. The molecular weight excluding hydrogens is 514 g/mol. The number of azo groups is 1. The van der Waals surface area contributed by atoms with Gasteiger partial charge in [-0.15, -0.1) is 5.11 Å². The van der Waals surface area contributed by atoms with E-state index in [4.69, 9.17) is 9.47 Å². The van der Waals surface area contributed by atoms with Gasteiger partial charge in [0, 0.05) is 17.7 Å². The Morgan fingerprint density at radius 1 is 1.21 bits per heavy atom. The van der Waals surface area contributed by atoms with Crippen LogP contribution in [0.4, 0.5) is 11.4 Å². The predicted molar refractivity (Wildman–Crippen MR) is 139 cm³/mol. The van der Waals surface area contributed by atoms with E-state index in [0.717, 1.165) is 17.4 Å². The number of unbranched alkanes of at least 4 members (excludes halogenated alkanes) is 1. The fourth-order valence-electron chi connectivity index (χ4n) is 3.11. The summed E-state index contributed by atoms with van der Waals surface area (Å²) >= 11 is 0. The van der Waals surface area contributed by atoms with Crippen LogP contribution in [0.2, 0.25) is 0 Å². The molecule has 0 aliphatic rings. The maximum absolute atomic E-state index is 12.7. The minimum Gasteiger partial charge on any atom is -0.493 e. The molecule has 1 aromatic heterocycles. The van der Waals surface area contributed by atoms with Crippen molar-refractivity contribution in [2.75, 3.05) is 26.4 Å². The number of hydrogen-bond acceptors (Lipinski definition) is 10. The topological polar surface area (TPSA) is 172 Å². The zero-order chi connectivity index (χ0) is 28.3. The van der Waals surface area contributed by atoms with Gasteiger partial charge in [0.15, 0.2) is 5.69 Å². The summed E-state index contributed by atoms with van der Waals surface area (Å²) in [4.78, 5) is 24.1. The van der Waals surface area contributed by atoms with E-state index >= 15 is 0 Å². The van der Waals surface area contributed by atoms with Gasteiger partial charge >= 0.3 is 5.97 Å². The second-order valence-corrected chi connectivity index (χ2v) is 9.98. The zero-order valence-electron chi connectivity index (χ0n) is 21.6. The van der Waals surface area contributed by atoms with Gasteiger partial charge in [-0.3, -0.25) is 9.36 Å². The second-order valence-electron chi connectivity index (χ2n) is 8.21. The Kier molecular flexibility index (Phi) is 11.3. The molecule has 204 valence electrons. The highest BCUT2D eigenvalue weighted by Gasteiger charge is 2.19. The molecule has 0 saturated heterocycles. The van der Waals surface area contributed by atoms with Gasteiger partial charge in [0.25, 0.3) is 5.56 Å². The quantitative estimate of drug-likeness (QED) is 0.157. The molecule has 2 rings (SSSR count). The van der Waals surface area contributed by atoms with Crippen LogP contribution >= 0.6 is 0 Å². The van der Waals surface area contributed by atoms with Crippen LogP contribution in [0.3, 0.4) is 0 Å². The van der Waals surface area contributed by atoms with Crippen molar-refractivity contribution in [1.29, 1.82) is 5.26 Å². The molecule has 0 saturated carbocycles.